The van der Waals surface area contributed by atoms with Crippen molar-refractivity contribution in [3.8, 4) is 0 Å². The molecule has 0 aromatic carbocycles. The summed E-state index contributed by atoms with van der Waals surface area (Å²) in [6.07, 6.45) is 6.44. The van der Waals surface area contributed by atoms with E-state index in [0.717, 1.165) is 25.7 Å². The van der Waals surface area contributed by atoms with E-state index in [4.69, 9.17) is 4.74 Å². The monoisotopic (exact) mass is 412 g/mol. The second-order valence-corrected chi connectivity index (χ2v) is 10.4. The summed E-state index contributed by atoms with van der Waals surface area (Å²) >= 11 is 0. The summed E-state index contributed by atoms with van der Waals surface area (Å²) < 4.78 is 5.43. The number of amides is 2. The van der Waals surface area contributed by atoms with Gasteiger partial charge in [0.05, 0.1) is 12.1 Å². The fourth-order valence-electron chi connectivity index (χ4n) is 4.24. The lowest BCUT2D eigenvalue weighted by Gasteiger charge is -2.33. The van der Waals surface area contributed by atoms with Gasteiger partial charge >= 0.3 is 6.09 Å². The van der Waals surface area contributed by atoms with Crippen LogP contribution in [0, 0.1) is 17.8 Å². The van der Waals surface area contributed by atoms with E-state index in [9.17, 15) is 14.7 Å². The summed E-state index contributed by atoms with van der Waals surface area (Å²) in [5.74, 6) is 0.624. The van der Waals surface area contributed by atoms with Crippen LogP contribution in [0.5, 0.6) is 0 Å². The van der Waals surface area contributed by atoms with Crippen LogP contribution in [0.15, 0.2) is 0 Å². The molecule has 2 N–H and O–H groups in total. The molecule has 0 aliphatic heterocycles. The van der Waals surface area contributed by atoms with Crippen molar-refractivity contribution in [2.24, 2.45) is 17.8 Å². The topological polar surface area (TPSA) is 78.9 Å². The first-order valence-electron chi connectivity index (χ1n) is 11.3. The Morgan fingerprint density at radius 1 is 1.10 bits per heavy atom. The van der Waals surface area contributed by atoms with E-state index in [1.807, 2.05) is 20.8 Å². The number of aliphatic hydroxyl groups is 1. The van der Waals surface area contributed by atoms with Gasteiger partial charge in [-0.25, -0.2) is 4.79 Å². The summed E-state index contributed by atoms with van der Waals surface area (Å²) in [5.41, 5.74) is -0.592. The fourth-order valence-corrected chi connectivity index (χ4v) is 4.24. The first kappa shape index (κ1) is 25.7. The number of nitrogens with one attached hydrogen (secondary N) is 1. The standard InChI is InChI=1S/C23H44N2O4/c1-16(2)13-18(21(27)25(6)7)15-20(26)19(14-17-11-9-8-10-12-17)24-22(28)29-23(3,4)5/h16-20,26H,8-15H2,1-7H3,(H,24,28)/t18-,19+,20+/m1/s1. The second kappa shape index (κ2) is 11.8. The normalized spacial score (nSPS) is 18.8. The third-order valence-electron chi connectivity index (χ3n) is 5.55. The van der Waals surface area contributed by atoms with E-state index in [2.05, 4.69) is 19.2 Å². The number of carbonyl (C=O) groups excluding carboxylic acids is 2. The van der Waals surface area contributed by atoms with Crippen LogP contribution in [0.2, 0.25) is 0 Å². The summed E-state index contributed by atoms with van der Waals surface area (Å²) in [4.78, 5) is 26.6. The van der Waals surface area contributed by atoms with Crippen LogP contribution < -0.4 is 5.32 Å². The number of alkyl carbamates (subject to hydrolysis) is 1. The smallest absolute Gasteiger partial charge is 0.407 e. The average Bonchev–Trinajstić information content (AvgIpc) is 2.58. The molecule has 0 heterocycles. The molecular weight excluding hydrogens is 368 g/mol. The quantitative estimate of drug-likeness (QED) is 0.590. The zero-order valence-electron chi connectivity index (χ0n) is 19.7. The van der Waals surface area contributed by atoms with E-state index < -0.39 is 23.8 Å². The minimum atomic E-state index is -0.780. The molecule has 6 heteroatoms. The molecular formula is C23H44N2O4. The Balaban J connectivity index is 2.88. The lowest BCUT2D eigenvalue weighted by molar-refractivity contribution is -0.134. The van der Waals surface area contributed by atoms with Crippen molar-refractivity contribution < 1.29 is 19.4 Å². The number of hydrogen-bond donors (Lipinski definition) is 2. The van der Waals surface area contributed by atoms with Crippen LogP contribution in [0.25, 0.3) is 0 Å². The van der Waals surface area contributed by atoms with Crippen molar-refractivity contribution in [3.05, 3.63) is 0 Å². The van der Waals surface area contributed by atoms with Gasteiger partial charge in [-0.05, 0) is 51.9 Å². The van der Waals surface area contributed by atoms with Crippen LogP contribution in [-0.2, 0) is 9.53 Å². The number of nitrogens with zero attached hydrogens (tertiary/aromatic N) is 1. The predicted octanol–water partition coefficient (Wildman–Crippen LogP) is 4.35. The van der Waals surface area contributed by atoms with Gasteiger partial charge in [0.15, 0.2) is 0 Å². The Bertz CT molecular complexity index is 507. The highest BCUT2D eigenvalue weighted by Crippen LogP contribution is 2.30. The van der Waals surface area contributed by atoms with E-state index in [0.29, 0.717) is 18.3 Å². The minimum Gasteiger partial charge on any atom is -0.444 e. The van der Waals surface area contributed by atoms with Crippen molar-refractivity contribution >= 4 is 12.0 Å². The summed E-state index contributed by atoms with van der Waals surface area (Å²) in [6, 6.07) is -0.405. The number of rotatable bonds is 9. The summed E-state index contributed by atoms with van der Waals surface area (Å²) in [5, 5.41) is 14.0. The molecule has 0 aromatic heterocycles. The van der Waals surface area contributed by atoms with Gasteiger partial charge in [-0.15, -0.1) is 0 Å². The molecule has 1 aliphatic rings. The van der Waals surface area contributed by atoms with Crippen LogP contribution in [0.1, 0.15) is 86.0 Å². The zero-order valence-corrected chi connectivity index (χ0v) is 19.7. The maximum absolute atomic E-state index is 12.6. The maximum Gasteiger partial charge on any atom is 0.407 e. The van der Waals surface area contributed by atoms with Crippen molar-refractivity contribution in [2.45, 2.75) is 104 Å². The van der Waals surface area contributed by atoms with E-state index in [1.165, 1.54) is 19.3 Å². The van der Waals surface area contributed by atoms with Crippen LogP contribution >= 0.6 is 0 Å². The summed E-state index contributed by atoms with van der Waals surface area (Å²) in [6.45, 7) is 9.65. The zero-order chi connectivity index (χ0) is 22.2. The van der Waals surface area contributed by atoms with Gasteiger partial charge < -0.3 is 20.1 Å². The molecule has 1 saturated carbocycles. The minimum absolute atomic E-state index is 0.0337. The van der Waals surface area contributed by atoms with Crippen molar-refractivity contribution in [1.82, 2.24) is 10.2 Å². The number of hydrogen-bond acceptors (Lipinski definition) is 4. The van der Waals surface area contributed by atoms with Gasteiger partial charge in [-0.1, -0.05) is 46.0 Å². The Kier molecular flexibility index (Phi) is 10.4. The van der Waals surface area contributed by atoms with Gasteiger partial charge in [0.1, 0.15) is 5.60 Å². The highest BCUT2D eigenvalue weighted by atomic mass is 16.6. The van der Waals surface area contributed by atoms with Gasteiger partial charge in [0.25, 0.3) is 0 Å². The Morgan fingerprint density at radius 3 is 2.17 bits per heavy atom. The molecule has 2 amide bonds. The first-order valence-corrected chi connectivity index (χ1v) is 11.3. The Labute approximate surface area is 177 Å². The molecule has 0 saturated heterocycles. The van der Waals surface area contributed by atoms with Crippen LogP contribution in [0.4, 0.5) is 4.79 Å². The van der Waals surface area contributed by atoms with Crippen molar-refractivity contribution in [1.29, 1.82) is 0 Å². The first-order chi connectivity index (χ1) is 13.4. The molecule has 0 spiro atoms. The molecule has 29 heavy (non-hydrogen) atoms. The van der Waals surface area contributed by atoms with Gasteiger partial charge in [-0.2, -0.15) is 0 Å². The SMILES string of the molecule is CC(C)C[C@H](C[C@H](O)[C@H](CC1CCCCC1)NC(=O)OC(C)(C)C)C(=O)N(C)C. The largest absolute Gasteiger partial charge is 0.444 e. The highest BCUT2D eigenvalue weighted by molar-refractivity contribution is 5.78. The van der Waals surface area contributed by atoms with Gasteiger partial charge in [-0.3, -0.25) is 4.79 Å². The molecule has 0 radical (unpaired) electrons. The number of ether oxygens (including phenoxy) is 1. The molecule has 170 valence electrons. The lowest BCUT2D eigenvalue weighted by atomic mass is 9.81. The van der Waals surface area contributed by atoms with Crippen LogP contribution in [0.3, 0.4) is 0 Å². The van der Waals surface area contributed by atoms with Gasteiger partial charge in [0.2, 0.25) is 5.91 Å². The number of carbonyl (C=O) groups is 2. The van der Waals surface area contributed by atoms with Crippen molar-refractivity contribution in [2.75, 3.05) is 14.1 Å². The molecule has 1 fully saturated rings. The third kappa shape index (κ3) is 10.3. The molecule has 0 unspecified atom stereocenters. The molecule has 6 nitrogen and oxygen atoms in total. The highest BCUT2D eigenvalue weighted by Gasteiger charge is 2.32. The fraction of sp³-hybridized carbons (Fsp3) is 0.913. The summed E-state index contributed by atoms with van der Waals surface area (Å²) in [7, 11) is 3.50. The molecule has 1 rings (SSSR count). The molecule has 3 atom stereocenters. The Morgan fingerprint density at radius 2 is 1.69 bits per heavy atom. The van der Waals surface area contributed by atoms with Gasteiger partial charge in [0, 0.05) is 20.0 Å². The molecule has 0 bridgehead atoms. The molecule has 1 aliphatic carbocycles. The third-order valence-corrected chi connectivity index (χ3v) is 5.55. The number of aliphatic hydroxyl groups excluding tert-OH is 1. The predicted molar refractivity (Wildman–Crippen MR) is 117 cm³/mol. The Hall–Kier alpha value is -1.30. The van der Waals surface area contributed by atoms with Crippen molar-refractivity contribution in [3.63, 3.8) is 0 Å². The lowest BCUT2D eigenvalue weighted by Crippen LogP contribution is -2.48. The van der Waals surface area contributed by atoms with E-state index >= 15 is 0 Å². The maximum atomic E-state index is 12.6. The van der Waals surface area contributed by atoms with E-state index in [-0.39, 0.29) is 11.8 Å². The average molecular weight is 413 g/mol. The van der Waals surface area contributed by atoms with Crippen LogP contribution in [-0.4, -0.2) is 53.8 Å². The van der Waals surface area contributed by atoms with E-state index in [1.54, 1.807) is 19.0 Å². The second-order valence-electron chi connectivity index (χ2n) is 10.4. The molecule has 0 aromatic rings.